The second-order valence-electron chi connectivity index (χ2n) is 10.2. The van der Waals surface area contributed by atoms with E-state index in [0.29, 0.717) is 19.3 Å². The van der Waals surface area contributed by atoms with Crippen molar-refractivity contribution in [3.8, 4) is 0 Å². The van der Waals surface area contributed by atoms with Gasteiger partial charge in [-0.1, -0.05) is 11.6 Å². The van der Waals surface area contributed by atoms with Gasteiger partial charge in [0.15, 0.2) is 0 Å². The van der Waals surface area contributed by atoms with E-state index >= 15 is 0 Å². The zero-order chi connectivity index (χ0) is 25.9. The number of nitrogens with one attached hydrogen (secondary N) is 2. The molecule has 11 heteroatoms. The third-order valence-electron chi connectivity index (χ3n) is 8.00. The number of hydrogen-bond acceptors (Lipinski definition) is 5. The average Bonchev–Trinajstić information content (AvgIpc) is 3.53. The molecular weight excluding hydrogens is 501 g/mol. The number of benzene rings is 1. The van der Waals surface area contributed by atoms with Crippen LogP contribution in [-0.4, -0.2) is 61.7 Å². The maximum atomic E-state index is 14.9. The van der Waals surface area contributed by atoms with E-state index < -0.39 is 52.7 Å². The van der Waals surface area contributed by atoms with E-state index in [1.54, 1.807) is 0 Å². The highest BCUT2D eigenvalue weighted by atomic mass is 35.5. The van der Waals surface area contributed by atoms with E-state index in [-0.39, 0.29) is 42.7 Å². The Bertz CT molecular complexity index is 944. The Labute approximate surface area is 213 Å². The first-order chi connectivity index (χ1) is 17.2. The molecule has 5 rings (SSSR count). The second kappa shape index (κ2) is 11.2. The van der Waals surface area contributed by atoms with E-state index in [4.69, 9.17) is 21.1 Å². The molecule has 2 amide bonds. The normalized spacial score (nSPS) is 34.0. The average molecular weight is 533 g/mol. The summed E-state index contributed by atoms with van der Waals surface area (Å²) < 4.78 is 54.5. The van der Waals surface area contributed by atoms with Gasteiger partial charge in [0, 0.05) is 11.5 Å². The molecule has 200 valence electrons. The minimum Gasteiger partial charge on any atom is -0.391 e. The minimum atomic E-state index is -1.38. The molecule has 1 aromatic rings. The topological polar surface area (TPSA) is 96.9 Å². The van der Waals surface area contributed by atoms with Gasteiger partial charge < -0.3 is 25.2 Å². The summed E-state index contributed by atoms with van der Waals surface area (Å²) in [5.41, 5.74) is -2.52. The summed E-state index contributed by atoms with van der Waals surface area (Å²) in [6, 6.07) is 0.523. The van der Waals surface area contributed by atoms with Crippen LogP contribution in [0.1, 0.15) is 56.6 Å². The summed E-state index contributed by atoms with van der Waals surface area (Å²) in [7, 11) is 0. The molecule has 7 nitrogen and oxygen atoms in total. The molecule has 2 bridgehead atoms. The van der Waals surface area contributed by atoms with Crippen molar-refractivity contribution >= 4 is 23.9 Å². The summed E-state index contributed by atoms with van der Waals surface area (Å²) in [4.78, 5) is 23.7. The van der Waals surface area contributed by atoms with Gasteiger partial charge in [-0.3, -0.25) is 9.59 Å². The van der Waals surface area contributed by atoms with Crippen LogP contribution in [0, 0.1) is 23.0 Å². The van der Waals surface area contributed by atoms with Crippen LogP contribution in [0.3, 0.4) is 0 Å². The highest BCUT2D eigenvalue weighted by Gasteiger charge is 2.59. The number of carbonyl (C=O) groups is 2. The number of ether oxygens (including phenoxy) is 2. The highest BCUT2D eigenvalue weighted by molar-refractivity contribution is 6.30. The third-order valence-corrected chi connectivity index (χ3v) is 8.30. The SMILES string of the molecule is C1COCCO1.O=CNC1C[C@@H](C(=O)NC(c2c(F)ccc(Cl)c2F)C23CCC(F)(CC2)C3)CC1O. The van der Waals surface area contributed by atoms with E-state index in [1.807, 2.05) is 0 Å². The molecule has 4 fully saturated rings. The maximum Gasteiger partial charge on any atom is 0.223 e. The Kier molecular flexibility index (Phi) is 8.49. The summed E-state index contributed by atoms with van der Waals surface area (Å²) in [5.74, 6) is -2.91. The van der Waals surface area contributed by atoms with Crippen LogP contribution in [-0.2, 0) is 19.1 Å². The molecule has 1 aliphatic heterocycles. The van der Waals surface area contributed by atoms with Gasteiger partial charge in [-0.2, -0.15) is 0 Å². The Morgan fingerprint density at radius 1 is 1.11 bits per heavy atom. The van der Waals surface area contributed by atoms with Gasteiger partial charge in [0.2, 0.25) is 12.3 Å². The van der Waals surface area contributed by atoms with Crippen molar-refractivity contribution < 1.29 is 37.3 Å². The fourth-order valence-corrected chi connectivity index (χ4v) is 6.27. The number of halogens is 4. The Morgan fingerprint density at radius 3 is 2.28 bits per heavy atom. The number of carbonyl (C=O) groups excluding carboxylic acids is 2. The van der Waals surface area contributed by atoms with Gasteiger partial charge in [-0.15, -0.1) is 0 Å². The molecule has 0 aromatic heterocycles. The largest absolute Gasteiger partial charge is 0.391 e. The molecule has 3 N–H and O–H groups in total. The second-order valence-corrected chi connectivity index (χ2v) is 10.6. The lowest BCUT2D eigenvalue weighted by Crippen LogP contribution is -2.42. The first-order valence-electron chi connectivity index (χ1n) is 12.3. The molecule has 1 heterocycles. The Morgan fingerprint density at radius 2 is 1.75 bits per heavy atom. The summed E-state index contributed by atoms with van der Waals surface area (Å²) in [5, 5.41) is 15.1. The van der Waals surface area contributed by atoms with Gasteiger partial charge in [0.1, 0.15) is 17.3 Å². The molecular formula is C25H32ClF3N2O5. The van der Waals surface area contributed by atoms with Crippen LogP contribution in [0.2, 0.25) is 5.02 Å². The number of fused-ring (bicyclic) bond motifs is 2. The van der Waals surface area contributed by atoms with Crippen LogP contribution in [0.5, 0.6) is 0 Å². The molecule has 0 radical (unpaired) electrons. The fourth-order valence-electron chi connectivity index (χ4n) is 6.11. The molecule has 1 aromatic carbocycles. The number of rotatable bonds is 6. The van der Waals surface area contributed by atoms with E-state index in [0.717, 1.165) is 38.6 Å². The van der Waals surface area contributed by atoms with Crippen molar-refractivity contribution in [1.82, 2.24) is 10.6 Å². The van der Waals surface area contributed by atoms with Crippen LogP contribution in [0.15, 0.2) is 12.1 Å². The summed E-state index contributed by atoms with van der Waals surface area (Å²) in [6.07, 6.45) is 1.41. The number of aliphatic hydroxyl groups is 1. The summed E-state index contributed by atoms with van der Waals surface area (Å²) in [6.45, 7) is 3.11. The predicted molar refractivity (Wildman–Crippen MR) is 125 cm³/mol. The van der Waals surface area contributed by atoms with Crippen molar-refractivity contribution in [2.45, 2.75) is 68.8 Å². The van der Waals surface area contributed by atoms with Crippen LogP contribution in [0.25, 0.3) is 0 Å². The van der Waals surface area contributed by atoms with E-state index in [1.165, 1.54) is 0 Å². The molecule has 4 atom stereocenters. The van der Waals surface area contributed by atoms with Crippen molar-refractivity contribution in [1.29, 1.82) is 0 Å². The Balaban J connectivity index is 0.000000445. The number of alkyl halides is 1. The van der Waals surface area contributed by atoms with Gasteiger partial charge in [-0.25, -0.2) is 13.2 Å². The van der Waals surface area contributed by atoms with Gasteiger partial charge in [0.05, 0.1) is 49.6 Å². The van der Waals surface area contributed by atoms with Crippen LogP contribution < -0.4 is 10.6 Å². The first kappa shape index (κ1) is 27.2. The Hall–Kier alpha value is -1.88. The van der Waals surface area contributed by atoms with Gasteiger partial charge >= 0.3 is 0 Å². The number of hydrogen-bond donors (Lipinski definition) is 3. The van der Waals surface area contributed by atoms with Crippen molar-refractivity contribution in [3.05, 3.63) is 34.4 Å². The lowest BCUT2D eigenvalue weighted by molar-refractivity contribution is -0.127. The zero-order valence-corrected chi connectivity index (χ0v) is 20.7. The molecule has 1 saturated heterocycles. The van der Waals surface area contributed by atoms with Crippen molar-refractivity contribution in [2.75, 3.05) is 26.4 Å². The number of amides is 2. The van der Waals surface area contributed by atoms with E-state index in [9.17, 15) is 27.9 Å². The van der Waals surface area contributed by atoms with Crippen LogP contribution in [0.4, 0.5) is 13.2 Å². The molecule has 0 spiro atoms. The smallest absolute Gasteiger partial charge is 0.223 e. The van der Waals surface area contributed by atoms with Gasteiger partial charge in [-0.05, 0) is 62.5 Å². The van der Waals surface area contributed by atoms with Crippen LogP contribution >= 0.6 is 11.6 Å². The maximum absolute atomic E-state index is 14.9. The lowest BCUT2D eigenvalue weighted by Gasteiger charge is -2.37. The third kappa shape index (κ3) is 5.66. The quantitative estimate of drug-likeness (QED) is 0.386. The molecule has 4 aliphatic rings. The molecule has 3 saturated carbocycles. The highest BCUT2D eigenvalue weighted by Crippen LogP contribution is 2.63. The molecule has 36 heavy (non-hydrogen) atoms. The standard InChI is InChI=1S/C21H24ClF3N2O3.C4H8O2/c22-12-1-2-13(23)16(17(12)24)18(20-3-5-21(25,9-20)6-4-20)27-19(30)11-7-14(26-10-28)15(29)8-11;1-2-6-4-3-5-1/h1-2,10-11,14-15,18,29H,3-9H2,(H,26,28)(H,27,30);1-4H2/t11-,14?,15?,18?,20?,21?;/m1./s1. The molecule has 3 aliphatic carbocycles. The minimum absolute atomic E-state index is 0.116. The van der Waals surface area contributed by atoms with Crippen molar-refractivity contribution in [2.24, 2.45) is 11.3 Å². The monoisotopic (exact) mass is 532 g/mol. The molecule has 3 unspecified atom stereocenters. The summed E-state index contributed by atoms with van der Waals surface area (Å²) >= 11 is 5.90. The van der Waals surface area contributed by atoms with E-state index in [2.05, 4.69) is 10.6 Å². The first-order valence-corrected chi connectivity index (χ1v) is 12.7. The lowest BCUT2D eigenvalue weighted by atomic mass is 9.74. The van der Waals surface area contributed by atoms with Gasteiger partial charge in [0.25, 0.3) is 0 Å². The predicted octanol–water partition coefficient (Wildman–Crippen LogP) is 3.37. The number of aliphatic hydroxyl groups excluding tert-OH is 1. The fraction of sp³-hybridized carbons (Fsp3) is 0.680. The zero-order valence-electron chi connectivity index (χ0n) is 19.9. The van der Waals surface area contributed by atoms with Crippen molar-refractivity contribution in [3.63, 3.8) is 0 Å².